The van der Waals surface area contributed by atoms with Gasteiger partial charge in [0.25, 0.3) is 0 Å². The lowest BCUT2D eigenvalue weighted by molar-refractivity contribution is -0.569. The first kappa shape index (κ1) is 35.3. The van der Waals surface area contributed by atoms with Crippen LogP contribution >= 0.6 is 0 Å². The van der Waals surface area contributed by atoms with Crippen LogP contribution in [-0.4, -0.2) is 82.8 Å². The molecule has 2 rings (SSSR count). The van der Waals surface area contributed by atoms with Crippen LogP contribution in [0.15, 0.2) is 0 Å². The second-order valence-electron chi connectivity index (χ2n) is 8.20. The molecule has 0 aliphatic heterocycles. The van der Waals surface area contributed by atoms with Gasteiger partial charge >= 0.3 is 82.8 Å². The Kier molecular flexibility index (Phi) is 6.56. The maximum Gasteiger partial charge on any atom is 0.407 e. The van der Waals surface area contributed by atoms with E-state index in [-0.39, 0.29) is 0 Å². The van der Waals surface area contributed by atoms with Crippen LogP contribution in [0.5, 0.6) is 0 Å². The van der Waals surface area contributed by atoms with E-state index in [0.29, 0.717) is 0 Å². The molecule has 1 nitrogen and oxygen atoms in total. The number of ether oxygens (including phenoxy) is 1. The van der Waals surface area contributed by atoms with Crippen LogP contribution in [0.4, 0.5) is 114 Å². The zero-order chi connectivity index (χ0) is 33.7. The van der Waals surface area contributed by atoms with E-state index in [4.69, 9.17) is 0 Å². The van der Waals surface area contributed by atoms with E-state index in [0.717, 1.165) is 4.74 Å². The van der Waals surface area contributed by atoms with E-state index >= 15 is 0 Å². The van der Waals surface area contributed by atoms with Gasteiger partial charge in [0.2, 0.25) is 0 Å². The third kappa shape index (κ3) is 2.94. The molecule has 0 amide bonds. The van der Waals surface area contributed by atoms with Crippen molar-refractivity contribution in [2.45, 2.75) is 82.8 Å². The zero-order valence-corrected chi connectivity index (χ0v) is 17.2. The fraction of sp³-hybridized carbons (Fsp3) is 1.00. The van der Waals surface area contributed by atoms with Gasteiger partial charge in [-0.25, -0.2) is 13.5 Å². The normalized spacial score (nSPS) is 32.6. The van der Waals surface area contributed by atoms with Gasteiger partial charge in [-0.3, -0.25) is 0 Å². The van der Waals surface area contributed by atoms with Crippen LogP contribution < -0.4 is 0 Å². The highest BCUT2D eigenvalue weighted by Gasteiger charge is 3.09. The molecule has 2 aliphatic rings. The summed E-state index contributed by atoms with van der Waals surface area (Å²) in [6, 6.07) is 0. The van der Waals surface area contributed by atoms with Gasteiger partial charge in [0, 0.05) is 0 Å². The minimum absolute atomic E-state index is 0.803. The highest BCUT2D eigenvalue weighted by atomic mass is 19.4. The molecule has 0 spiro atoms. The van der Waals surface area contributed by atoms with Crippen molar-refractivity contribution >= 4 is 0 Å². The quantitative estimate of drug-likeness (QED) is 0.274. The van der Waals surface area contributed by atoms with Crippen molar-refractivity contribution in [3.8, 4) is 0 Å². The summed E-state index contributed by atoms with van der Waals surface area (Å²) in [7, 11) is 0. The number of hydrogen-bond donors (Lipinski definition) is 0. The highest BCUT2D eigenvalue weighted by molar-refractivity contribution is 5.31. The summed E-state index contributed by atoms with van der Waals surface area (Å²) in [6.45, 7) is 0. The Balaban J connectivity index is 2.97. The lowest BCUT2D eigenvalue weighted by atomic mass is 9.70. The second-order valence-corrected chi connectivity index (χ2v) is 8.20. The molecular formula is C14F26O. The van der Waals surface area contributed by atoms with Crippen LogP contribution in [0.2, 0.25) is 0 Å². The molecule has 0 aromatic heterocycles. The van der Waals surface area contributed by atoms with Crippen molar-refractivity contribution in [1.29, 1.82) is 0 Å². The lowest BCUT2D eigenvalue weighted by Gasteiger charge is -2.55. The lowest BCUT2D eigenvalue weighted by Crippen LogP contribution is -2.89. The van der Waals surface area contributed by atoms with Crippen molar-refractivity contribution < 1.29 is 119 Å². The number of alkyl halides is 26. The van der Waals surface area contributed by atoms with Crippen molar-refractivity contribution in [3.63, 3.8) is 0 Å². The topological polar surface area (TPSA) is 9.23 Å². The Labute approximate surface area is 203 Å². The number of hydrogen-bond acceptors (Lipinski definition) is 1. The van der Waals surface area contributed by atoms with Crippen LogP contribution in [0.25, 0.3) is 0 Å². The molecule has 0 atom stereocenters. The maximum atomic E-state index is 14.4. The van der Waals surface area contributed by atoms with E-state index in [1.54, 1.807) is 0 Å². The Morgan fingerprint density at radius 2 is 0.366 bits per heavy atom. The first-order valence-electron chi connectivity index (χ1n) is 8.82. The molecule has 0 aromatic rings. The van der Waals surface area contributed by atoms with Crippen molar-refractivity contribution in [3.05, 3.63) is 0 Å². The van der Waals surface area contributed by atoms with Crippen LogP contribution in [0.3, 0.4) is 0 Å². The largest absolute Gasteiger partial charge is 0.407 e. The molecule has 244 valence electrons. The van der Waals surface area contributed by atoms with Gasteiger partial charge in [-0.15, -0.1) is 0 Å². The summed E-state index contributed by atoms with van der Waals surface area (Å²) in [5, 5.41) is 0. The highest BCUT2D eigenvalue weighted by Crippen LogP contribution is 2.75. The van der Waals surface area contributed by atoms with E-state index in [1.807, 2.05) is 0 Å². The van der Waals surface area contributed by atoms with E-state index in [9.17, 15) is 114 Å². The summed E-state index contributed by atoms with van der Waals surface area (Å²) in [4.78, 5) is 0. The van der Waals surface area contributed by atoms with Crippen LogP contribution in [0, 0.1) is 0 Å². The molecule has 2 aliphatic carbocycles. The molecule has 0 heterocycles. The summed E-state index contributed by atoms with van der Waals surface area (Å²) >= 11 is 0. The molecule has 0 N–H and O–H groups in total. The third-order valence-electron chi connectivity index (χ3n) is 5.94. The van der Waals surface area contributed by atoms with Crippen LogP contribution in [0.1, 0.15) is 0 Å². The van der Waals surface area contributed by atoms with Gasteiger partial charge in [0.05, 0.1) is 0 Å². The smallest absolute Gasteiger partial charge is 0.249 e. The van der Waals surface area contributed by atoms with Gasteiger partial charge in [0.15, 0.2) is 0 Å². The monoisotopic (exact) mass is 678 g/mol. The first-order chi connectivity index (χ1) is 17.2. The molecular weight excluding hydrogens is 678 g/mol. The van der Waals surface area contributed by atoms with E-state index in [2.05, 4.69) is 0 Å². The van der Waals surface area contributed by atoms with Gasteiger partial charge in [-0.2, -0.15) is 105 Å². The predicted molar refractivity (Wildman–Crippen MR) is 68.1 cm³/mol. The average Bonchev–Trinajstić information content (AvgIpc) is 2.73. The van der Waals surface area contributed by atoms with E-state index < -0.39 is 82.8 Å². The Morgan fingerprint density at radius 1 is 0.244 bits per heavy atom. The zero-order valence-electron chi connectivity index (χ0n) is 17.2. The minimum atomic E-state index is -9.28. The average molecular weight is 678 g/mol. The first-order valence-corrected chi connectivity index (χ1v) is 8.82. The molecule has 2 fully saturated rings. The summed E-state index contributed by atoms with van der Waals surface area (Å²) < 4.78 is 353. The predicted octanol–water partition coefficient (Wildman–Crippen LogP) is 7.99. The summed E-state index contributed by atoms with van der Waals surface area (Å²) in [6.07, 6.45) is -18.4. The van der Waals surface area contributed by atoms with Crippen molar-refractivity contribution in [2.75, 3.05) is 0 Å². The van der Waals surface area contributed by atoms with Gasteiger partial charge in [0.1, 0.15) is 0 Å². The Morgan fingerprint density at radius 3 is 0.512 bits per heavy atom. The maximum absolute atomic E-state index is 14.4. The molecule has 0 bridgehead atoms. The second kappa shape index (κ2) is 7.61. The van der Waals surface area contributed by atoms with Gasteiger partial charge in [-0.1, -0.05) is 0 Å². The standard InChI is InChI=1S/C14F26O/c15-1(3(17,18)7(25,26)11(33,34)8(27,28)4(1,19)20)13(37,38)41-14(39,40)2(16)5(21,22)9(29,30)12(35,36)10(31,32)6(2,23)24. The van der Waals surface area contributed by atoms with E-state index in [1.165, 1.54) is 0 Å². The molecule has 0 unspecified atom stereocenters. The fourth-order valence-electron chi connectivity index (χ4n) is 3.48. The molecule has 0 saturated heterocycles. The number of rotatable bonds is 4. The summed E-state index contributed by atoms with van der Waals surface area (Å²) in [5.41, 5.74) is -18.6. The molecule has 27 heteroatoms. The Hall–Kier alpha value is -1.86. The minimum Gasteiger partial charge on any atom is -0.249 e. The van der Waals surface area contributed by atoms with Gasteiger partial charge < -0.3 is 0 Å². The fourth-order valence-corrected chi connectivity index (χ4v) is 3.48. The van der Waals surface area contributed by atoms with Crippen molar-refractivity contribution in [2.24, 2.45) is 0 Å². The SMILES string of the molecule is FC(F)(OC(F)(F)C1(F)C(F)(F)C(F)(F)C(F)(F)C(F)(F)C1(F)F)C1(F)C(F)(F)C(F)(F)C(F)(F)C(F)(F)C1(F)F. The van der Waals surface area contributed by atoms with Crippen LogP contribution in [-0.2, 0) is 4.74 Å². The molecule has 0 aromatic carbocycles. The molecule has 2 saturated carbocycles. The summed E-state index contributed by atoms with van der Waals surface area (Å²) in [5.74, 6) is -87.4. The molecule has 41 heavy (non-hydrogen) atoms. The van der Waals surface area contributed by atoms with Crippen molar-refractivity contribution in [1.82, 2.24) is 0 Å². The van der Waals surface area contributed by atoms with Gasteiger partial charge in [-0.05, 0) is 0 Å². The molecule has 0 radical (unpaired) electrons. The third-order valence-corrected chi connectivity index (χ3v) is 5.94. The Bertz CT molecular complexity index is 938. The number of halogens is 26.